The summed E-state index contributed by atoms with van der Waals surface area (Å²) in [4.78, 5) is 17.9. The number of fused-ring (bicyclic) bond motifs is 1. The van der Waals surface area contributed by atoms with Crippen LogP contribution < -0.4 is 9.80 Å². The van der Waals surface area contributed by atoms with Gasteiger partial charge in [0.25, 0.3) is 5.91 Å². The van der Waals surface area contributed by atoms with Gasteiger partial charge in [-0.3, -0.25) is 4.79 Å². The highest BCUT2D eigenvalue weighted by Crippen LogP contribution is 2.18. The van der Waals surface area contributed by atoms with Gasteiger partial charge in [0.2, 0.25) is 0 Å². The van der Waals surface area contributed by atoms with E-state index in [2.05, 4.69) is 59.5 Å². The second kappa shape index (κ2) is 8.02. The van der Waals surface area contributed by atoms with E-state index in [9.17, 15) is 4.79 Å². The van der Waals surface area contributed by atoms with Crippen molar-refractivity contribution in [3.05, 3.63) is 71.3 Å². The fraction of sp³-hybridized carbons (Fsp3) is 0.409. The molecule has 0 atom stereocenters. The van der Waals surface area contributed by atoms with Gasteiger partial charge >= 0.3 is 0 Å². The predicted molar refractivity (Wildman–Crippen MR) is 102 cm³/mol. The molecule has 4 rings (SSSR count). The number of carbonyl (C=O) groups is 1. The number of amides is 1. The molecule has 0 radical (unpaired) electrons. The molecule has 0 unspecified atom stereocenters. The highest BCUT2D eigenvalue weighted by molar-refractivity contribution is 5.77. The Bertz CT molecular complexity index is 738. The minimum atomic E-state index is 0.320. The summed E-state index contributed by atoms with van der Waals surface area (Å²) in [7, 11) is 0. The van der Waals surface area contributed by atoms with Crippen LogP contribution in [-0.4, -0.2) is 50.1 Å². The molecule has 136 valence electrons. The summed E-state index contributed by atoms with van der Waals surface area (Å²) in [6, 6.07) is 19.3. The Labute approximate surface area is 156 Å². The fourth-order valence-electron chi connectivity index (χ4n) is 4.23. The molecule has 2 aliphatic rings. The van der Waals surface area contributed by atoms with E-state index in [-0.39, 0.29) is 0 Å². The third kappa shape index (κ3) is 4.14. The number of hydrogen-bond acceptors (Lipinski definition) is 1. The summed E-state index contributed by atoms with van der Waals surface area (Å²) in [6.45, 7) is 7.91. The topological polar surface area (TPSA) is 29.2 Å². The summed E-state index contributed by atoms with van der Waals surface area (Å²) in [5.74, 6) is 0.320. The molecule has 0 aliphatic carbocycles. The van der Waals surface area contributed by atoms with E-state index in [4.69, 9.17) is 0 Å². The highest BCUT2D eigenvalue weighted by atomic mass is 16.2. The van der Waals surface area contributed by atoms with Crippen LogP contribution in [0.4, 0.5) is 0 Å². The molecule has 2 N–H and O–H groups in total. The van der Waals surface area contributed by atoms with Crippen LogP contribution in [0.25, 0.3) is 0 Å². The Hall–Kier alpha value is -2.17. The smallest absolute Gasteiger partial charge is 0.278 e. The third-order valence-electron chi connectivity index (χ3n) is 5.85. The first-order valence-electron chi connectivity index (χ1n) is 9.83. The number of quaternary nitrogens is 2. The minimum Gasteiger partial charge on any atom is -0.333 e. The van der Waals surface area contributed by atoms with E-state index in [1.54, 1.807) is 4.90 Å². The van der Waals surface area contributed by atoms with Crippen LogP contribution in [0.5, 0.6) is 0 Å². The van der Waals surface area contributed by atoms with E-state index in [0.29, 0.717) is 12.5 Å². The van der Waals surface area contributed by atoms with E-state index >= 15 is 0 Å². The molecule has 2 aliphatic heterocycles. The van der Waals surface area contributed by atoms with Gasteiger partial charge in [-0.25, -0.2) is 0 Å². The first kappa shape index (κ1) is 17.3. The van der Waals surface area contributed by atoms with Gasteiger partial charge in [0.1, 0.15) is 32.7 Å². The molecule has 0 spiro atoms. The summed E-state index contributed by atoms with van der Waals surface area (Å²) in [6.07, 6.45) is 0.992. The highest BCUT2D eigenvalue weighted by Gasteiger charge is 2.28. The molecule has 0 aromatic heterocycles. The molecule has 4 nitrogen and oxygen atoms in total. The largest absolute Gasteiger partial charge is 0.333 e. The number of hydrogen-bond donors (Lipinski definition) is 2. The second-order valence-corrected chi connectivity index (χ2v) is 7.67. The molecular weight excluding hydrogens is 322 g/mol. The Morgan fingerprint density at radius 3 is 2.27 bits per heavy atom. The maximum Gasteiger partial charge on any atom is 0.278 e. The van der Waals surface area contributed by atoms with Crippen molar-refractivity contribution in [2.45, 2.75) is 19.5 Å². The molecule has 26 heavy (non-hydrogen) atoms. The van der Waals surface area contributed by atoms with Crippen LogP contribution in [0.3, 0.4) is 0 Å². The number of rotatable bonds is 4. The Kier molecular flexibility index (Phi) is 5.32. The molecule has 0 bridgehead atoms. The molecular formula is C22H29N3O+2. The zero-order chi connectivity index (χ0) is 17.8. The molecule has 0 saturated carbocycles. The van der Waals surface area contributed by atoms with Gasteiger partial charge in [0, 0.05) is 18.7 Å². The number of carbonyl (C=O) groups excluding carboxylic acids is 1. The fourth-order valence-corrected chi connectivity index (χ4v) is 4.23. The number of benzene rings is 2. The molecule has 1 amide bonds. The quantitative estimate of drug-likeness (QED) is 0.768. The Morgan fingerprint density at radius 1 is 0.846 bits per heavy atom. The van der Waals surface area contributed by atoms with Crippen LogP contribution in [-0.2, 0) is 24.3 Å². The SMILES string of the molecule is O=C(C[NH+]1CC[NH+](Cc2ccccc2)CC1)N1CCc2ccccc2C1. The zero-order valence-electron chi connectivity index (χ0n) is 15.4. The van der Waals surface area contributed by atoms with Crippen molar-refractivity contribution in [1.29, 1.82) is 0 Å². The van der Waals surface area contributed by atoms with Crippen LogP contribution in [0.15, 0.2) is 54.6 Å². The lowest BCUT2D eigenvalue weighted by atomic mass is 10.00. The lowest BCUT2D eigenvalue weighted by Gasteiger charge is -2.32. The molecule has 1 fully saturated rings. The van der Waals surface area contributed by atoms with Gasteiger partial charge in [0.05, 0.1) is 0 Å². The normalized spacial score (nSPS) is 22.7. The van der Waals surface area contributed by atoms with Gasteiger partial charge in [-0.15, -0.1) is 0 Å². The average molecular weight is 351 g/mol. The van der Waals surface area contributed by atoms with Gasteiger partial charge in [-0.1, -0.05) is 54.6 Å². The number of nitrogens with zero attached hydrogens (tertiary/aromatic N) is 1. The van der Waals surface area contributed by atoms with Gasteiger partial charge in [-0.05, 0) is 17.5 Å². The van der Waals surface area contributed by atoms with Gasteiger partial charge in [0.15, 0.2) is 6.54 Å². The first-order valence-corrected chi connectivity index (χ1v) is 9.83. The average Bonchev–Trinajstić information content (AvgIpc) is 2.70. The molecule has 2 aromatic carbocycles. The maximum absolute atomic E-state index is 12.7. The maximum atomic E-state index is 12.7. The lowest BCUT2D eigenvalue weighted by molar-refractivity contribution is -1.02. The minimum absolute atomic E-state index is 0.320. The Balaban J connectivity index is 1.25. The van der Waals surface area contributed by atoms with Crippen molar-refractivity contribution in [3.63, 3.8) is 0 Å². The van der Waals surface area contributed by atoms with Crippen molar-refractivity contribution < 1.29 is 14.6 Å². The van der Waals surface area contributed by atoms with E-state index in [1.165, 1.54) is 21.6 Å². The van der Waals surface area contributed by atoms with E-state index in [1.807, 2.05) is 0 Å². The van der Waals surface area contributed by atoms with Crippen molar-refractivity contribution >= 4 is 5.91 Å². The summed E-state index contributed by atoms with van der Waals surface area (Å²) in [5.41, 5.74) is 4.13. The lowest BCUT2D eigenvalue weighted by Crippen LogP contribution is -3.28. The summed E-state index contributed by atoms with van der Waals surface area (Å²) in [5, 5.41) is 0. The van der Waals surface area contributed by atoms with E-state index < -0.39 is 0 Å². The van der Waals surface area contributed by atoms with Gasteiger partial charge in [-0.2, -0.15) is 0 Å². The third-order valence-corrected chi connectivity index (χ3v) is 5.85. The second-order valence-electron chi connectivity index (χ2n) is 7.67. The monoisotopic (exact) mass is 351 g/mol. The first-order chi connectivity index (χ1) is 12.8. The predicted octanol–water partition coefficient (Wildman–Crippen LogP) is -0.445. The van der Waals surface area contributed by atoms with Crippen LogP contribution in [0, 0.1) is 0 Å². The molecule has 2 heterocycles. The van der Waals surface area contributed by atoms with Crippen LogP contribution >= 0.6 is 0 Å². The zero-order valence-corrected chi connectivity index (χ0v) is 15.4. The van der Waals surface area contributed by atoms with Crippen LogP contribution in [0.2, 0.25) is 0 Å². The van der Waals surface area contributed by atoms with Crippen molar-refractivity contribution in [1.82, 2.24) is 4.90 Å². The van der Waals surface area contributed by atoms with Crippen LogP contribution in [0.1, 0.15) is 16.7 Å². The summed E-state index contributed by atoms with van der Waals surface area (Å²) >= 11 is 0. The standard InChI is InChI=1S/C22H27N3O/c26-22(25-11-10-20-8-4-5-9-21(20)17-25)18-24-14-12-23(13-15-24)16-19-6-2-1-3-7-19/h1-9H,10-18H2/p+2. The summed E-state index contributed by atoms with van der Waals surface area (Å²) < 4.78 is 0. The number of piperazine rings is 1. The Morgan fingerprint density at radius 2 is 1.50 bits per heavy atom. The molecule has 1 saturated heterocycles. The molecule has 4 heteroatoms. The van der Waals surface area contributed by atoms with Crippen molar-refractivity contribution in [2.75, 3.05) is 39.3 Å². The van der Waals surface area contributed by atoms with E-state index in [0.717, 1.165) is 52.2 Å². The van der Waals surface area contributed by atoms with Crippen molar-refractivity contribution in [2.24, 2.45) is 0 Å². The van der Waals surface area contributed by atoms with Gasteiger partial charge < -0.3 is 14.7 Å². The molecule has 2 aromatic rings. The number of nitrogens with one attached hydrogen (secondary N) is 2. The van der Waals surface area contributed by atoms with Crippen molar-refractivity contribution in [3.8, 4) is 0 Å².